The molecule has 0 spiro atoms. The SMILES string of the molecule is COCC(Oc1ccc2c(c1)CC[C@@H]1[C@@H]2CC[C@]2(C)C(c3cncc(F)c3)=CC[C@@H]12)C(=O)O. The van der Waals surface area contributed by atoms with E-state index in [1.54, 1.807) is 12.3 Å². The number of carboxylic acids is 1. The highest BCUT2D eigenvalue weighted by Crippen LogP contribution is 2.63. The van der Waals surface area contributed by atoms with Crippen molar-refractivity contribution in [2.45, 2.75) is 51.0 Å². The molecule has 1 unspecified atom stereocenters. The molecule has 3 aliphatic carbocycles. The third-order valence-electron chi connectivity index (χ3n) is 8.17. The van der Waals surface area contributed by atoms with Crippen LogP contribution < -0.4 is 4.74 Å². The van der Waals surface area contributed by atoms with Gasteiger partial charge in [-0.05, 0) is 95.7 Å². The van der Waals surface area contributed by atoms with Gasteiger partial charge in [0.15, 0.2) is 0 Å². The van der Waals surface area contributed by atoms with Crippen LogP contribution in [0.5, 0.6) is 5.75 Å². The van der Waals surface area contributed by atoms with Crippen molar-refractivity contribution in [3.05, 3.63) is 65.2 Å². The molecule has 0 bridgehead atoms. The van der Waals surface area contributed by atoms with E-state index >= 15 is 0 Å². The lowest BCUT2D eigenvalue weighted by molar-refractivity contribution is -0.147. The Morgan fingerprint density at radius 1 is 1.30 bits per heavy atom. The average Bonchev–Trinajstić information content (AvgIpc) is 3.15. The van der Waals surface area contributed by atoms with Gasteiger partial charge in [-0.25, -0.2) is 9.18 Å². The standard InChI is InChI=1S/C27H30FNO4/c1-27-10-9-21-20-6-4-19(33-25(15-32-2)26(30)31)12-16(20)3-5-22(21)24(27)8-7-23(27)17-11-18(28)14-29-13-17/h4,6-7,11-14,21-22,24-25H,3,5,8-10,15H2,1-2H3,(H,30,31)/t21-,22-,24+,25?,27-/m1/s1. The van der Waals surface area contributed by atoms with Crippen LogP contribution in [0.3, 0.4) is 0 Å². The molecular formula is C27H30FNO4. The van der Waals surface area contributed by atoms with E-state index in [1.165, 1.54) is 30.0 Å². The molecule has 0 saturated heterocycles. The summed E-state index contributed by atoms with van der Waals surface area (Å²) >= 11 is 0. The quantitative estimate of drug-likeness (QED) is 0.650. The summed E-state index contributed by atoms with van der Waals surface area (Å²) in [6.07, 6.45) is 9.60. The number of benzene rings is 1. The smallest absolute Gasteiger partial charge is 0.347 e. The summed E-state index contributed by atoms with van der Waals surface area (Å²) in [6, 6.07) is 7.67. The molecule has 1 N–H and O–H groups in total. The molecule has 1 fully saturated rings. The summed E-state index contributed by atoms with van der Waals surface area (Å²) in [5, 5.41) is 9.35. The summed E-state index contributed by atoms with van der Waals surface area (Å²) in [5.41, 5.74) is 4.86. The van der Waals surface area contributed by atoms with Crippen LogP contribution in [0.15, 0.2) is 42.7 Å². The molecule has 2 aromatic rings. The van der Waals surface area contributed by atoms with Crippen molar-refractivity contribution in [1.29, 1.82) is 0 Å². The van der Waals surface area contributed by atoms with Crippen LogP contribution >= 0.6 is 0 Å². The molecule has 1 aromatic heterocycles. The highest BCUT2D eigenvalue weighted by atomic mass is 19.1. The Morgan fingerprint density at radius 3 is 2.91 bits per heavy atom. The van der Waals surface area contributed by atoms with Crippen molar-refractivity contribution < 1.29 is 23.8 Å². The molecule has 3 aliphatic rings. The number of ether oxygens (including phenoxy) is 2. The van der Waals surface area contributed by atoms with Gasteiger partial charge in [-0.3, -0.25) is 4.98 Å². The van der Waals surface area contributed by atoms with Crippen molar-refractivity contribution >= 4 is 11.5 Å². The van der Waals surface area contributed by atoms with Gasteiger partial charge in [-0.15, -0.1) is 0 Å². The largest absolute Gasteiger partial charge is 0.478 e. The van der Waals surface area contributed by atoms with E-state index in [9.17, 15) is 14.3 Å². The molecule has 0 aliphatic heterocycles. The molecular weight excluding hydrogens is 421 g/mol. The molecule has 5 nitrogen and oxygen atoms in total. The van der Waals surface area contributed by atoms with Crippen molar-refractivity contribution in [2.75, 3.05) is 13.7 Å². The zero-order valence-electron chi connectivity index (χ0n) is 19.1. The summed E-state index contributed by atoms with van der Waals surface area (Å²) in [7, 11) is 1.47. The number of hydrogen-bond acceptors (Lipinski definition) is 4. The second kappa shape index (κ2) is 8.56. The Labute approximate surface area is 193 Å². The Bertz CT molecular complexity index is 1100. The minimum atomic E-state index is -1.03. The predicted octanol–water partition coefficient (Wildman–Crippen LogP) is 5.25. The van der Waals surface area contributed by atoms with Crippen molar-refractivity contribution in [1.82, 2.24) is 4.98 Å². The van der Waals surface area contributed by atoms with Gasteiger partial charge in [0.2, 0.25) is 6.10 Å². The first-order chi connectivity index (χ1) is 15.9. The fraction of sp³-hybridized carbons (Fsp3) is 0.481. The lowest BCUT2D eigenvalue weighted by Gasteiger charge is -2.50. The molecule has 0 radical (unpaired) electrons. The van der Waals surface area contributed by atoms with Gasteiger partial charge in [-0.1, -0.05) is 19.1 Å². The third-order valence-corrected chi connectivity index (χ3v) is 8.17. The van der Waals surface area contributed by atoms with E-state index in [-0.39, 0.29) is 17.8 Å². The first kappa shape index (κ1) is 22.1. The summed E-state index contributed by atoms with van der Waals surface area (Å²) in [6.45, 7) is 2.36. The van der Waals surface area contributed by atoms with Crippen LogP contribution in [0.4, 0.5) is 4.39 Å². The van der Waals surface area contributed by atoms with E-state index < -0.39 is 12.1 Å². The van der Waals surface area contributed by atoms with E-state index in [2.05, 4.69) is 24.1 Å². The van der Waals surface area contributed by atoms with E-state index in [1.807, 2.05) is 12.1 Å². The number of aromatic nitrogens is 1. The average molecular weight is 452 g/mol. The second-order valence-electron chi connectivity index (χ2n) is 9.88. The first-order valence-corrected chi connectivity index (χ1v) is 11.7. The lowest BCUT2D eigenvalue weighted by Crippen LogP contribution is -2.41. The number of fused-ring (bicyclic) bond motifs is 5. The number of pyridine rings is 1. The van der Waals surface area contributed by atoms with Crippen LogP contribution in [0.1, 0.15) is 55.2 Å². The molecule has 0 amide bonds. The van der Waals surface area contributed by atoms with Gasteiger partial charge in [0, 0.05) is 13.3 Å². The van der Waals surface area contributed by atoms with Gasteiger partial charge in [0.1, 0.15) is 11.6 Å². The zero-order valence-corrected chi connectivity index (χ0v) is 19.1. The molecule has 174 valence electrons. The Morgan fingerprint density at radius 2 is 2.15 bits per heavy atom. The van der Waals surface area contributed by atoms with Crippen molar-refractivity contribution in [2.24, 2.45) is 17.3 Å². The third kappa shape index (κ3) is 3.84. The first-order valence-electron chi connectivity index (χ1n) is 11.7. The summed E-state index contributed by atoms with van der Waals surface area (Å²) < 4.78 is 24.6. The minimum Gasteiger partial charge on any atom is -0.478 e. The van der Waals surface area contributed by atoms with E-state index in [4.69, 9.17) is 9.47 Å². The van der Waals surface area contributed by atoms with Crippen LogP contribution in [-0.2, 0) is 16.0 Å². The maximum atomic E-state index is 13.9. The number of rotatable bonds is 6. The topological polar surface area (TPSA) is 68.7 Å². The number of allylic oxidation sites excluding steroid dienone is 2. The van der Waals surface area contributed by atoms with Crippen LogP contribution in [-0.4, -0.2) is 35.9 Å². The molecule has 6 heteroatoms. The zero-order chi connectivity index (χ0) is 23.2. The molecule has 33 heavy (non-hydrogen) atoms. The normalized spacial score (nSPS) is 28.8. The number of nitrogens with zero attached hydrogens (tertiary/aromatic N) is 1. The Kier molecular flexibility index (Phi) is 5.73. The fourth-order valence-corrected chi connectivity index (χ4v) is 6.68. The maximum Gasteiger partial charge on any atom is 0.347 e. The van der Waals surface area contributed by atoms with Gasteiger partial charge >= 0.3 is 5.97 Å². The number of aliphatic carboxylic acids is 1. The minimum absolute atomic E-state index is 0.00749. The molecule has 1 aromatic carbocycles. The lowest BCUT2D eigenvalue weighted by atomic mass is 9.54. The van der Waals surface area contributed by atoms with Gasteiger partial charge in [0.05, 0.1) is 12.8 Å². The van der Waals surface area contributed by atoms with Crippen LogP contribution in [0.2, 0.25) is 0 Å². The summed E-state index contributed by atoms with van der Waals surface area (Å²) in [4.78, 5) is 15.5. The number of aryl methyl sites for hydroxylation is 1. The molecule has 1 saturated carbocycles. The van der Waals surface area contributed by atoms with Crippen molar-refractivity contribution in [3.63, 3.8) is 0 Å². The van der Waals surface area contributed by atoms with E-state index in [0.29, 0.717) is 23.5 Å². The number of hydrogen-bond donors (Lipinski definition) is 1. The number of methoxy groups -OCH3 is 1. The van der Waals surface area contributed by atoms with Crippen LogP contribution in [0, 0.1) is 23.1 Å². The van der Waals surface area contributed by atoms with E-state index in [0.717, 1.165) is 37.7 Å². The highest BCUT2D eigenvalue weighted by molar-refractivity contribution is 5.73. The van der Waals surface area contributed by atoms with Gasteiger partial charge in [0.25, 0.3) is 0 Å². The van der Waals surface area contributed by atoms with Crippen molar-refractivity contribution in [3.8, 4) is 5.75 Å². The highest BCUT2D eigenvalue weighted by Gasteiger charge is 2.52. The number of halogens is 1. The van der Waals surface area contributed by atoms with Crippen LogP contribution in [0.25, 0.3) is 5.57 Å². The number of carboxylic acid groups (broad SMARTS) is 1. The second-order valence-corrected chi connectivity index (χ2v) is 9.88. The fourth-order valence-electron chi connectivity index (χ4n) is 6.68. The summed E-state index contributed by atoms with van der Waals surface area (Å²) in [5.74, 6) is 0.887. The Balaban J connectivity index is 1.37. The van der Waals surface area contributed by atoms with Gasteiger partial charge < -0.3 is 14.6 Å². The predicted molar refractivity (Wildman–Crippen MR) is 123 cm³/mol. The number of carbonyl (C=O) groups is 1. The molecule has 1 heterocycles. The molecule has 5 rings (SSSR count). The van der Waals surface area contributed by atoms with Gasteiger partial charge in [-0.2, -0.15) is 0 Å². The monoisotopic (exact) mass is 451 g/mol. The molecule has 5 atom stereocenters. The Hall–Kier alpha value is -2.73. The maximum absolute atomic E-state index is 13.9.